The molecular formula is C18H31N3O4. The first kappa shape index (κ1) is 21.2. The molecule has 1 aromatic heterocycles. The van der Waals surface area contributed by atoms with E-state index in [1.165, 1.54) is 10.9 Å². The van der Waals surface area contributed by atoms with Crippen LogP contribution in [0, 0.1) is 5.92 Å². The minimum Gasteiger partial charge on any atom is -0.464 e. The van der Waals surface area contributed by atoms with E-state index in [4.69, 9.17) is 9.84 Å². The zero-order chi connectivity index (χ0) is 18.7. The lowest BCUT2D eigenvalue weighted by molar-refractivity contribution is -0.145. The second kappa shape index (κ2) is 11.6. The molecule has 0 fully saturated rings. The number of aliphatic hydroxyl groups is 1. The Morgan fingerprint density at radius 2 is 2.08 bits per heavy atom. The largest absolute Gasteiger partial charge is 0.464 e. The van der Waals surface area contributed by atoms with Crippen LogP contribution in [-0.4, -0.2) is 46.0 Å². The number of nitrogens with one attached hydrogen (secondary N) is 1. The van der Waals surface area contributed by atoms with Crippen LogP contribution in [0.5, 0.6) is 0 Å². The molecule has 1 heterocycles. The monoisotopic (exact) mass is 353 g/mol. The smallest absolute Gasteiger partial charge is 0.328 e. The van der Waals surface area contributed by atoms with Crippen molar-refractivity contribution in [1.29, 1.82) is 0 Å². The predicted octanol–water partition coefficient (Wildman–Crippen LogP) is 2.14. The summed E-state index contributed by atoms with van der Waals surface area (Å²) in [5.74, 6) is -0.156. The normalized spacial score (nSPS) is 13.3. The van der Waals surface area contributed by atoms with Gasteiger partial charge in [0.25, 0.3) is 5.91 Å². The molecule has 7 heteroatoms. The van der Waals surface area contributed by atoms with Gasteiger partial charge in [0.1, 0.15) is 11.7 Å². The summed E-state index contributed by atoms with van der Waals surface area (Å²) in [6.07, 6.45) is 5.56. The highest BCUT2D eigenvalue weighted by Crippen LogP contribution is 2.13. The van der Waals surface area contributed by atoms with Gasteiger partial charge in [-0.15, -0.1) is 0 Å². The molecule has 1 aromatic rings. The molecule has 2 atom stereocenters. The Labute approximate surface area is 149 Å². The summed E-state index contributed by atoms with van der Waals surface area (Å²) in [4.78, 5) is 24.7. The number of aromatic nitrogens is 2. The van der Waals surface area contributed by atoms with Crippen LogP contribution < -0.4 is 5.32 Å². The van der Waals surface area contributed by atoms with E-state index < -0.39 is 12.0 Å². The van der Waals surface area contributed by atoms with Gasteiger partial charge >= 0.3 is 5.97 Å². The van der Waals surface area contributed by atoms with Gasteiger partial charge in [0.15, 0.2) is 0 Å². The zero-order valence-electron chi connectivity index (χ0n) is 15.5. The molecule has 2 N–H and O–H groups in total. The van der Waals surface area contributed by atoms with Crippen molar-refractivity contribution in [2.45, 2.75) is 65.5 Å². The average molecular weight is 353 g/mol. The molecule has 1 amide bonds. The van der Waals surface area contributed by atoms with Crippen molar-refractivity contribution < 1.29 is 19.4 Å². The van der Waals surface area contributed by atoms with Crippen LogP contribution in [0.25, 0.3) is 0 Å². The van der Waals surface area contributed by atoms with Gasteiger partial charge in [-0.05, 0) is 31.7 Å². The Morgan fingerprint density at radius 1 is 1.32 bits per heavy atom. The maximum absolute atomic E-state index is 12.5. The van der Waals surface area contributed by atoms with E-state index >= 15 is 0 Å². The Bertz CT molecular complexity index is 530. The predicted molar refractivity (Wildman–Crippen MR) is 95.1 cm³/mol. The summed E-state index contributed by atoms with van der Waals surface area (Å²) in [6.45, 7) is 6.83. The highest BCUT2D eigenvalue weighted by Gasteiger charge is 2.24. The summed E-state index contributed by atoms with van der Waals surface area (Å²) in [7, 11) is 0. The number of rotatable bonds is 12. The van der Waals surface area contributed by atoms with E-state index in [0.29, 0.717) is 31.0 Å². The fourth-order valence-corrected chi connectivity index (χ4v) is 2.52. The zero-order valence-corrected chi connectivity index (χ0v) is 15.5. The molecular weight excluding hydrogens is 322 g/mol. The lowest BCUT2D eigenvalue weighted by Crippen LogP contribution is -2.42. The summed E-state index contributed by atoms with van der Waals surface area (Å²) < 4.78 is 6.63. The number of carbonyl (C=O) groups excluding carboxylic acids is 2. The molecule has 2 unspecified atom stereocenters. The molecule has 0 aromatic carbocycles. The number of ether oxygens (including phenoxy) is 1. The lowest BCUT2D eigenvalue weighted by atomic mass is 9.99. The number of amides is 1. The first-order chi connectivity index (χ1) is 12.0. The van der Waals surface area contributed by atoms with Crippen molar-refractivity contribution in [1.82, 2.24) is 15.1 Å². The van der Waals surface area contributed by atoms with Crippen molar-refractivity contribution >= 4 is 11.9 Å². The summed E-state index contributed by atoms with van der Waals surface area (Å²) in [5, 5.41) is 15.8. The van der Waals surface area contributed by atoms with Crippen LogP contribution >= 0.6 is 0 Å². The van der Waals surface area contributed by atoms with E-state index in [1.807, 2.05) is 0 Å². The number of aryl methyl sites for hydroxylation is 1. The SMILES string of the molecule is CCOC(=O)C(CCCC(C)CC)NC(=O)c1ccnn1CCCO. The van der Waals surface area contributed by atoms with Gasteiger partial charge in [0.2, 0.25) is 0 Å². The third-order valence-electron chi connectivity index (χ3n) is 4.24. The van der Waals surface area contributed by atoms with Gasteiger partial charge in [0.05, 0.1) is 6.61 Å². The van der Waals surface area contributed by atoms with Gasteiger partial charge in [-0.3, -0.25) is 9.48 Å². The summed E-state index contributed by atoms with van der Waals surface area (Å²) in [6, 6.07) is 0.950. The van der Waals surface area contributed by atoms with Crippen LogP contribution in [0.15, 0.2) is 12.3 Å². The van der Waals surface area contributed by atoms with Crippen molar-refractivity contribution in [2.75, 3.05) is 13.2 Å². The molecule has 25 heavy (non-hydrogen) atoms. The Hall–Kier alpha value is -1.89. The van der Waals surface area contributed by atoms with Gasteiger partial charge in [-0.2, -0.15) is 5.10 Å². The molecule has 0 radical (unpaired) electrons. The first-order valence-electron chi connectivity index (χ1n) is 9.13. The highest BCUT2D eigenvalue weighted by atomic mass is 16.5. The highest BCUT2D eigenvalue weighted by molar-refractivity contribution is 5.95. The fraction of sp³-hybridized carbons (Fsp3) is 0.722. The molecule has 1 rings (SSSR count). The Balaban J connectivity index is 2.70. The maximum Gasteiger partial charge on any atom is 0.328 e. The molecule has 0 saturated carbocycles. The maximum atomic E-state index is 12.5. The number of hydrogen-bond donors (Lipinski definition) is 2. The number of carbonyl (C=O) groups is 2. The van der Waals surface area contributed by atoms with Crippen LogP contribution in [0.1, 0.15) is 63.4 Å². The van der Waals surface area contributed by atoms with Crippen molar-refractivity contribution in [3.05, 3.63) is 18.0 Å². The van der Waals surface area contributed by atoms with Gasteiger partial charge < -0.3 is 15.2 Å². The van der Waals surface area contributed by atoms with Crippen LogP contribution in [-0.2, 0) is 16.1 Å². The van der Waals surface area contributed by atoms with Crippen molar-refractivity contribution in [2.24, 2.45) is 5.92 Å². The first-order valence-corrected chi connectivity index (χ1v) is 9.13. The average Bonchev–Trinajstić information content (AvgIpc) is 3.07. The minimum absolute atomic E-state index is 0.0297. The molecule has 7 nitrogen and oxygen atoms in total. The van der Waals surface area contributed by atoms with Gasteiger partial charge in [-0.1, -0.05) is 33.1 Å². The van der Waals surface area contributed by atoms with E-state index in [0.717, 1.165) is 19.3 Å². The third kappa shape index (κ3) is 7.25. The van der Waals surface area contributed by atoms with E-state index in [2.05, 4.69) is 24.3 Å². The van der Waals surface area contributed by atoms with Crippen LogP contribution in [0.3, 0.4) is 0 Å². The fourth-order valence-electron chi connectivity index (χ4n) is 2.52. The van der Waals surface area contributed by atoms with Crippen LogP contribution in [0.4, 0.5) is 0 Å². The second-order valence-corrected chi connectivity index (χ2v) is 6.24. The molecule has 142 valence electrons. The molecule has 0 aliphatic carbocycles. The van der Waals surface area contributed by atoms with E-state index in [1.54, 1.807) is 13.0 Å². The quantitative estimate of drug-likeness (QED) is 0.562. The molecule has 0 saturated heterocycles. The van der Waals surface area contributed by atoms with E-state index in [9.17, 15) is 9.59 Å². The second-order valence-electron chi connectivity index (χ2n) is 6.24. The van der Waals surface area contributed by atoms with Gasteiger partial charge in [0, 0.05) is 19.3 Å². The minimum atomic E-state index is -0.655. The topological polar surface area (TPSA) is 93.5 Å². The van der Waals surface area contributed by atoms with E-state index in [-0.39, 0.29) is 19.1 Å². The molecule has 0 bridgehead atoms. The van der Waals surface area contributed by atoms with Crippen LogP contribution in [0.2, 0.25) is 0 Å². The number of aliphatic hydroxyl groups excluding tert-OH is 1. The molecule has 0 aliphatic rings. The molecule has 0 aliphatic heterocycles. The Kier molecular flexibility index (Phi) is 9.84. The number of nitrogens with zero attached hydrogens (tertiary/aromatic N) is 2. The van der Waals surface area contributed by atoms with Crippen molar-refractivity contribution in [3.8, 4) is 0 Å². The Morgan fingerprint density at radius 3 is 2.72 bits per heavy atom. The molecule has 0 spiro atoms. The third-order valence-corrected chi connectivity index (χ3v) is 4.24. The standard InChI is InChI=1S/C18H31N3O4/c1-4-14(3)8-6-9-15(18(24)25-5-2)20-17(23)16-10-11-19-21(16)12-7-13-22/h10-11,14-15,22H,4-9,12-13H2,1-3H3,(H,20,23). The number of hydrogen-bond acceptors (Lipinski definition) is 5. The summed E-state index contributed by atoms with van der Waals surface area (Å²) >= 11 is 0. The lowest BCUT2D eigenvalue weighted by Gasteiger charge is -2.18. The number of esters is 1. The summed E-state index contributed by atoms with van der Waals surface area (Å²) in [5.41, 5.74) is 0.379. The van der Waals surface area contributed by atoms with Crippen molar-refractivity contribution in [3.63, 3.8) is 0 Å². The van der Waals surface area contributed by atoms with Gasteiger partial charge in [-0.25, -0.2) is 4.79 Å².